The van der Waals surface area contributed by atoms with Crippen molar-refractivity contribution in [2.75, 3.05) is 0 Å². The Bertz CT molecular complexity index is 869. The first-order valence-corrected chi connectivity index (χ1v) is 11.9. The molecule has 0 N–H and O–H groups in total. The van der Waals surface area contributed by atoms with Crippen molar-refractivity contribution in [2.24, 2.45) is 11.3 Å². The van der Waals surface area contributed by atoms with E-state index in [9.17, 15) is 10.1 Å². The Kier molecular flexibility index (Phi) is 10.3. The van der Waals surface area contributed by atoms with E-state index in [0.29, 0.717) is 18.0 Å². The lowest BCUT2D eigenvalue weighted by molar-refractivity contribution is -0.142. The van der Waals surface area contributed by atoms with Gasteiger partial charge in [0.25, 0.3) is 0 Å². The predicted octanol–water partition coefficient (Wildman–Crippen LogP) is 6.92. The molecular weight excluding hydrogens is 398 g/mol. The van der Waals surface area contributed by atoms with E-state index in [4.69, 9.17) is 4.74 Å². The average Bonchev–Trinajstić information content (AvgIpc) is 2.79. The van der Waals surface area contributed by atoms with Gasteiger partial charge in [-0.2, -0.15) is 5.26 Å². The number of ether oxygens (including phenoxy) is 1. The Morgan fingerprint density at radius 1 is 1.03 bits per heavy atom. The molecule has 0 spiro atoms. The summed E-state index contributed by atoms with van der Waals surface area (Å²) in [5, 5.41) is 9.44. The van der Waals surface area contributed by atoms with Crippen molar-refractivity contribution in [3.05, 3.63) is 42.2 Å². The molecule has 172 valence electrons. The third kappa shape index (κ3) is 8.07. The molecule has 5 heteroatoms. The van der Waals surface area contributed by atoms with Crippen LogP contribution < -0.4 is 4.74 Å². The van der Waals surface area contributed by atoms with Crippen molar-refractivity contribution < 1.29 is 9.53 Å². The van der Waals surface area contributed by atoms with Gasteiger partial charge < -0.3 is 4.74 Å². The topological polar surface area (TPSA) is 75.9 Å². The van der Waals surface area contributed by atoms with Crippen LogP contribution in [0.3, 0.4) is 0 Å². The summed E-state index contributed by atoms with van der Waals surface area (Å²) < 4.78 is 5.46. The summed E-state index contributed by atoms with van der Waals surface area (Å²) in [7, 11) is 0. The van der Waals surface area contributed by atoms with E-state index in [1.165, 1.54) is 44.9 Å². The summed E-state index contributed by atoms with van der Waals surface area (Å²) in [4.78, 5) is 21.5. The maximum atomic E-state index is 12.5. The highest BCUT2D eigenvalue weighted by Crippen LogP contribution is 2.28. The molecule has 0 aliphatic carbocycles. The normalized spacial score (nSPS) is 12.9. The smallest absolute Gasteiger partial charge is 0.331 e. The number of esters is 1. The zero-order valence-electron chi connectivity index (χ0n) is 20.1. The van der Waals surface area contributed by atoms with Crippen molar-refractivity contribution in [2.45, 2.75) is 85.5 Å². The quantitative estimate of drug-likeness (QED) is 0.194. The third-order valence-corrected chi connectivity index (χ3v) is 5.61. The SMILES string of the molecule is CCCCCCCCCc1cnc(-c2ccc(OC(=O)C(C)(C#N)CC(C)C)cc2)nc1. The third-order valence-electron chi connectivity index (χ3n) is 5.61. The average molecular weight is 436 g/mol. The van der Waals surface area contributed by atoms with Gasteiger partial charge in [0.05, 0.1) is 6.07 Å². The van der Waals surface area contributed by atoms with Gasteiger partial charge in [-0.05, 0) is 61.9 Å². The van der Waals surface area contributed by atoms with Crippen LogP contribution in [0.15, 0.2) is 36.7 Å². The van der Waals surface area contributed by atoms with Gasteiger partial charge in [0.2, 0.25) is 0 Å². The fourth-order valence-electron chi connectivity index (χ4n) is 3.80. The lowest BCUT2D eigenvalue weighted by Gasteiger charge is -2.21. The van der Waals surface area contributed by atoms with Crippen LogP contribution >= 0.6 is 0 Å². The molecule has 1 heterocycles. The van der Waals surface area contributed by atoms with Crippen molar-refractivity contribution >= 4 is 5.97 Å². The molecule has 0 radical (unpaired) electrons. The number of hydrogen-bond donors (Lipinski definition) is 0. The number of rotatable bonds is 13. The van der Waals surface area contributed by atoms with Crippen LogP contribution in [-0.2, 0) is 11.2 Å². The molecule has 0 bridgehead atoms. The lowest BCUT2D eigenvalue weighted by Crippen LogP contribution is -2.32. The number of nitrogens with zero attached hydrogens (tertiary/aromatic N) is 3. The first-order chi connectivity index (χ1) is 15.4. The van der Waals surface area contributed by atoms with Crippen LogP contribution in [0.25, 0.3) is 11.4 Å². The van der Waals surface area contributed by atoms with Gasteiger partial charge >= 0.3 is 5.97 Å². The van der Waals surface area contributed by atoms with Crippen molar-refractivity contribution in [3.63, 3.8) is 0 Å². The van der Waals surface area contributed by atoms with Crippen molar-refractivity contribution in [1.29, 1.82) is 5.26 Å². The molecule has 1 unspecified atom stereocenters. The summed E-state index contributed by atoms with van der Waals surface area (Å²) >= 11 is 0. The Labute approximate surface area is 193 Å². The van der Waals surface area contributed by atoms with Crippen LogP contribution in [0, 0.1) is 22.7 Å². The fraction of sp³-hybridized carbons (Fsp3) is 0.556. The second-order valence-corrected chi connectivity index (χ2v) is 9.24. The highest BCUT2D eigenvalue weighted by Gasteiger charge is 2.36. The fourth-order valence-corrected chi connectivity index (χ4v) is 3.80. The molecule has 1 atom stereocenters. The van der Waals surface area contributed by atoms with Crippen LogP contribution in [0.4, 0.5) is 0 Å². The number of aryl methyl sites for hydroxylation is 1. The maximum Gasteiger partial charge on any atom is 0.331 e. The number of hydrogen-bond acceptors (Lipinski definition) is 5. The molecule has 0 amide bonds. The Hall–Kier alpha value is -2.74. The second kappa shape index (κ2) is 13.0. The molecule has 32 heavy (non-hydrogen) atoms. The minimum absolute atomic E-state index is 0.223. The Morgan fingerprint density at radius 3 is 2.19 bits per heavy atom. The first-order valence-electron chi connectivity index (χ1n) is 11.9. The van der Waals surface area contributed by atoms with E-state index >= 15 is 0 Å². The molecule has 1 aromatic carbocycles. The molecule has 2 rings (SSSR count). The van der Waals surface area contributed by atoms with E-state index in [1.54, 1.807) is 19.1 Å². The maximum absolute atomic E-state index is 12.5. The molecule has 0 saturated heterocycles. The molecule has 1 aromatic heterocycles. The van der Waals surface area contributed by atoms with Crippen molar-refractivity contribution in [1.82, 2.24) is 9.97 Å². The van der Waals surface area contributed by atoms with Gasteiger partial charge in [0.1, 0.15) is 5.75 Å². The van der Waals surface area contributed by atoms with Crippen molar-refractivity contribution in [3.8, 4) is 23.2 Å². The van der Waals surface area contributed by atoms with E-state index in [-0.39, 0.29) is 5.92 Å². The van der Waals surface area contributed by atoms with Gasteiger partial charge in [0, 0.05) is 18.0 Å². The van der Waals surface area contributed by atoms with Gasteiger partial charge in [0.15, 0.2) is 11.2 Å². The van der Waals surface area contributed by atoms with E-state index in [0.717, 1.165) is 17.5 Å². The second-order valence-electron chi connectivity index (χ2n) is 9.24. The Morgan fingerprint density at radius 2 is 1.62 bits per heavy atom. The molecular formula is C27H37N3O2. The molecule has 2 aromatic rings. The minimum atomic E-state index is -1.15. The van der Waals surface area contributed by atoms with Crippen LogP contribution in [-0.4, -0.2) is 15.9 Å². The molecule has 0 fully saturated rings. The molecule has 0 aliphatic heterocycles. The van der Waals surface area contributed by atoms with Gasteiger partial charge in [-0.1, -0.05) is 59.3 Å². The molecule has 0 saturated carbocycles. The summed E-state index contributed by atoms with van der Waals surface area (Å²) in [6.07, 6.45) is 14.3. The predicted molar refractivity (Wildman–Crippen MR) is 128 cm³/mol. The Balaban J connectivity index is 1.87. The first kappa shape index (κ1) is 25.5. The zero-order valence-corrected chi connectivity index (χ0v) is 20.1. The summed E-state index contributed by atoms with van der Waals surface area (Å²) in [5.74, 6) is 0.764. The van der Waals surface area contributed by atoms with Crippen LogP contribution in [0.5, 0.6) is 5.75 Å². The molecule has 0 aliphatic rings. The number of unbranched alkanes of at least 4 members (excludes halogenated alkanes) is 6. The van der Waals surface area contributed by atoms with E-state index in [1.807, 2.05) is 38.4 Å². The summed E-state index contributed by atoms with van der Waals surface area (Å²) in [6.45, 7) is 7.84. The number of carbonyl (C=O) groups excluding carboxylic acids is 1. The standard InChI is InChI=1S/C27H37N3O2/c1-5-6-7-8-9-10-11-12-22-18-29-25(30-19-22)23-13-15-24(16-14-23)32-26(31)27(4,20-28)17-21(2)3/h13-16,18-19,21H,5-12,17H2,1-4H3. The number of benzene rings is 1. The largest absolute Gasteiger partial charge is 0.425 e. The highest BCUT2D eigenvalue weighted by atomic mass is 16.5. The van der Waals surface area contributed by atoms with E-state index in [2.05, 4.69) is 23.0 Å². The van der Waals surface area contributed by atoms with E-state index < -0.39 is 11.4 Å². The minimum Gasteiger partial charge on any atom is -0.425 e. The lowest BCUT2D eigenvalue weighted by atomic mass is 9.83. The van der Waals surface area contributed by atoms with Crippen LogP contribution in [0.1, 0.15) is 84.6 Å². The summed E-state index contributed by atoms with van der Waals surface area (Å²) in [6, 6.07) is 9.21. The van der Waals surface area contributed by atoms with Gasteiger partial charge in [-0.25, -0.2) is 14.8 Å². The number of aromatic nitrogens is 2. The number of nitriles is 1. The monoisotopic (exact) mass is 435 g/mol. The molecule has 5 nitrogen and oxygen atoms in total. The zero-order chi connectivity index (χ0) is 23.4. The van der Waals surface area contributed by atoms with Crippen LogP contribution in [0.2, 0.25) is 0 Å². The summed E-state index contributed by atoms with van der Waals surface area (Å²) in [5.41, 5.74) is 0.868. The number of carbonyl (C=O) groups is 1. The van der Waals surface area contributed by atoms with Gasteiger partial charge in [-0.3, -0.25) is 0 Å². The highest BCUT2D eigenvalue weighted by molar-refractivity contribution is 5.81. The van der Waals surface area contributed by atoms with Gasteiger partial charge in [-0.15, -0.1) is 0 Å².